The van der Waals surface area contributed by atoms with Gasteiger partial charge >= 0.3 is 0 Å². The van der Waals surface area contributed by atoms with Gasteiger partial charge in [-0.3, -0.25) is 4.90 Å². The van der Waals surface area contributed by atoms with Gasteiger partial charge in [-0.15, -0.1) is 0 Å². The number of rotatable bonds is 8. The Morgan fingerprint density at radius 1 is 0.750 bits per heavy atom. The predicted octanol–water partition coefficient (Wildman–Crippen LogP) is 6.66. The highest BCUT2D eigenvalue weighted by molar-refractivity contribution is 5.91. The number of fused-ring (bicyclic) bond motifs is 1. The van der Waals surface area contributed by atoms with Crippen molar-refractivity contribution in [2.75, 3.05) is 26.2 Å². The molecule has 6 nitrogen and oxygen atoms in total. The van der Waals surface area contributed by atoms with Crippen molar-refractivity contribution in [3.8, 4) is 28.6 Å². The van der Waals surface area contributed by atoms with Gasteiger partial charge in [0.2, 0.25) is 0 Å². The zero-order chi connectivity index (χ0) is 27.5. The van der Waals surface area contributed by atoms with Gasteiger partial charge in [0.25, 0.3) is 0 Å². The monoisotopic (exact) mass is 535 g/mol. The number of hydrogen-bond donors (Lipinski definition) is 3. The lowest BCUT2D eigenvalue weighted by Gasteiger charge is -2.30. The molecule has 6 heteroatoms. The molecule has 0 spiro atoms. The van der Waals surface area contributed by atoms with E-state index in [2.05, 4.69) is 4.90 Å². The molecule has 204 valence electrons. The molecule has 1 aliphatic rings. The van der Waals surface area contributed by atoms with Crippen LogP contribution < -0.4 is 4.74 Å². The molecule has 1 unspecified atom stereocenters. The maximum absolute atomic E-state index is 12.8. The summed E-state index contributed by atoms with van der Waals surface area (Å²) in [5, 5.41) is 33.6. The third-order valence-electron chi connectivity index (χ3n) is 7.75. The SMILES string of the molecule is Oc1ccc(-c2oc3cc(O)ccc3c2C(O)(c2ccccc2)c2ccc(OCCN3CCCCC3)cc2)cc1. The zero-order valence-electron chi connectivity index (χ0n) is 22.3. The molecule has 0 radical (unpaired) electrons. The Balaban J connectivity index is 1.43. The summed E-state index contributed by atoms with van der Waals surface area (Å²) in [6, 6.07) is 28.6. The second-order valence-electron chi connectivity index (χ2n) is 10.4. The van der Waals surface area contributed by atoms with Crippen LogP contribution in [0, 0.1) is 0 Å². The van der Waals surface area contributed by atoms with Crippen LogP contribution in [-0.4, -0.2) is 46.5 Å². The molecule has 1 atom stereocenters. The summed E-state index contributed by atoms with van der Waals surface area (Å²) in [6.45, 7) is 3.78. The molecule has 1 saturated heterocycles. The van der Waals surface area contributed by atoms with Crippen molar-refractivity contribution in [1.29, 1.82) is 0 Å². The normalized spacial score (nSPS) is 15.6. The molecule has 40 heavy (non-hydrogen) atoms. The molecule has 1 aromatic heterocycles. The minimum absolute atomic E-state index is 0.0689. The third-order valence-corrected chi connectivity index (χ3v) is 7.75. The lowest BCUT2D eigenvalue weighted by molar-refractivity contribution is 0.127. The molecule has 5 aromatic rings. The molecule has 0 amide bonds. The van der Waals surface area contributed by atoms with Crippen LogP contribution in [0.3, 0.4) is 0 Å². The first-order chi connectivity index (χ1) is 19.5. The number of aromatic hydroxyl groups is 2. The molecule has 6 rings (SSSR count). The van der Waals surface area contributed by atoms with E-state index in [0.717, 1.165) is 25.4 Å². The van der Waals surface area contributed by atoms with Gasteiger partial charge in [-0.1, -0.05) is 48.9 Å². The number of nitrogens with zero attached hydrogens (tertiary/aromatic N) is 1. The second-order valence-corrected chi connectivity index (χ2v) is 10.4. The van der Waals surface area contributed by atoms with Gasteiger partial charge in [0, 0.05) is 29.1 Å². The Bertz CT molecular complexity index is 1570. The number of hydrogen-bond acceptors (Lipinski definition) is 6. The van der Waals surface area contributed by atoms with E-state index < -0.39 is 5.60 Å². The van der Waals surface area contributed by atoms with Crippen LogP contribution in [0.4, 0.5) is 0 Å². The number of aliphatic hydroxyl groups is 1. The number of piperidine rings is 1. The van der Waals surface area contributed by atoms with Crippen LogP contribution in [0.5, 0.6) is 17.2 Å². The minimum atomic E-state index is -1.59. The van der Waals surface area contributed by atoms with E-state index in [1.165, 1.54) is 19.3 Å². The first kappa shape index (κ1) is 26.0. The minimum Gasteiger partial charge on any atom is -0.508 e. The van der Waals surface area contributed by atoms with Crippen LogP contribution in [0.25, 0.3) is 22.3 Å². The average Bonchev–Trinajstić information content (AvgIpc) is 3.37. The smallest absolute Gasteiger partial charge is 0.144 e. The van der Waals surface area contributed by atoms with E-state index in [0.29, 0.717) is 45.6 Å². The lowest BCUT2D eigenvalue weighted by atomic mass is 9.78. The van der Waals surface area contributed by atoms with Crippen LogP contribution in [0.1, 0.15) is 36.0 Å². The summed E-state index contributed by atoms with van der Waals surface area (Å²) >= 11 is 0. The fourth-order valence-corrected chi connectivity index (χ4v) is 5.66. The Hall–Kier alpha value is -4.26. The number of ether oxygens (including phenoxy) is 1. The highest BCUT2D eigenvalue weighted by Gasteiger charge is 2.40. The van der Waals surface area contributed by atoms with Crippen molar-refractivity contribution < 1.29 is 24.5 Å². The van der Waals surface area contributed by atoms with Crippen molar-refractivity contribution >= 4 is 11.0 Å². The van der Waals surface area contributed by atoms with E-state index in [1.807, 2.05) is 54.6 Å². The zero-order valence-corrected chi connectivity index (χ0v) is 22.3. The molecule has 2 heterocycles. The highest BCUT2D eigenvalue weighted by atomic mass is 16.5. The standard InChI is InChI=1S/C34H33NO5/c36-27-13-9-24(10-14-27)33-32(30-18-15-28(37)23-31(30)40-33)34(38,25-7-3-1-4-8-25)26-11-16-29(17-12-26)39-22-21-35-19-5-2-6-20-35/h1,3-4,7-18,23,36-38H,2,5-6,19-22H2. The molecule has 0 aliphatic carbocycles. The van der Waals surface area contributed by atoms with Gasteiger partial charge in [0.15, 0.2) is 0 Å². The quantitative estimate of drug-likeness (QED) is 0.206. The van der Waals surface area contributed by atoms with Gasteiger partial charge in [-0.25, -0.2) is 0 Å². The second kappa shape index (κ2) is 11.1. The molecule has 4 aromatic carbocycles. The number of benzene rings is 4. The average molecular weight is 536 g/mol. The fourth-order valence-electron chi connectivity index (χ4n) is 5.66. The van der Waals surface area contributed by atoms with Crippen molar-refractivity contribution in [2.45, 2.75) is 24.9 Å². The van der Waals surface area contributed by atoms with Crippen molar-refractivity contribution in [3.05, 3.63) is 114 Å². The highest BCUT2D eigenvalue weighted by Crippen LogP contribution is 2.47. The van der Waals surface area contributed by atoms with Gasteiger partial charge < -0.3 is 24.5 Å². The summed E-state index contributed by atoms with van der Waals surface area (Å²) in [4.78, 5) is 2.44. The largest absolute Gasteiger partial charge is 0.508 e. The summed E-state index contributed by atoms with van der Waals surface area (Å²) in [7, 11) is 0. The van der Waals surface area contributed by atoms with E-state index in [1.54, 1.807) is 42.5 Å². The molecule has 0 bridgehead atoms. The van der Waals surface area contributed by atoms with Crippen LogP contribution in [0.15, 0.2) is 101 Å². The number of furan rings is 1. The summed E-state index contributed by atoms with van der Waals surface area (Å²) in [5.74, 6) is 1.40. The predicted molar refractivity (Wildman–Crippen MR) is 156 cm³/mol. The van der Waals surface area contributed by atoms with Gasteiger partial charge in [-0.05, 0) is 85.6 Å². The summed E-state index contributed by atoms with van der Waals surface area (Å²) in [6.07, 6.45) is 3.81. The summed E-state index contributed by atoms with van der Waals surface area (Å²) < 4.78 is 12.4. The number of likely N-dealkylation sites (tertiary alicyclic amines) is 1. The van der Waals surface area contributed by atoms with Gasteiger partial charge in [0.1, 0.15) is 40.8 Å². The van der Waals surface area contributed by atoms with E-state index in [-0.39, 0.29) is 11.5 Å². The van der Waals surface area contributed by atoms with Crippen LogP contribution >= 0.6 is 0 Å². The topological polar surface area (TPSA) is 86.3 Å². The number of phenols is 2. The molecule has 0 saturated carbocycles. The van der Waals surface area contributed by atoms with E-state index in [4.69, 9.17) is 9.15 Å². The molecule has 1 aliphatic heterocycles. The Kier molecular flexibility index (Phi) is 7.20. The Morgan fingerprint density at radius 2 is 1.43 bits per heavy atom. The number of phenolic OH excluding ortho intramolecular Hbond substituents is 2. The Labute approximate surface area is 233 Å². The van der Waals surface area contributed by atoms with Gasteiger partial charge in [-0.2, -0.15) is 0 Å². The van der Waals surface area contributed by atoms with Gasteiger partial charge in [0.05, 0.1) is 0 Å². The van der Waals surface area contributed by atoms with Crippen molar-refractivity contribution in [2.24, 2.45) is 0 Å². The van der Waals surface area contributed by atoms with Crippen LogP contribution in [-0.2, 0) is 5.60 Å². The molecule has 3 N–H and O–H groups in total. The van der Waals surface area contributed by atoms with Crippen LogP contribution in [0.2, 0.25) is 0 Å². The fraction of sp³-hybridized carbons (Fsp3) is 0.235. The molecular formula is C34H33NO5. The summed E-state index contributed by atoms with van der Waals surface area (Å²) in [5.41, 5.74) is 1.42. The van der Waals surface area contributed by atoms with E-state index >= 15 is 0 Å². The first-order valence-electron chi connectivity index (χ1n) is 13.8. The van der Waals surface area contributed by atoms with E-state index in [9.17, 15) is 15.3 Å². The maximum Gasteiger partial charge on any atom is 0.144 e. The Morgan fingerprint density at radius 3 is 2.15 bits per heavy atom. The first-order valence-corrected chi connectivity index (χ1v) is 13.8. The van der Waals surface area contributed by atoms with Crippen molar-refractivity contribution in [1.82, 2.24) is 4.90 Å². The lowest BCUT2D eigenvalue weighted by Crippen LogP contribution is -2.33. The molecule has 1 fully saturated rings. The maximum atomic E-state index is 12.8. The third kappa shape index (κ3) is 5.04. The molecular weight excluding hydrogens is 502 g/mol. The van der Waals surface area contributed by atoms with Crippen molar-refractivity contribution in [3.63, 3.8) is 0 Å².